The quantitative estimate of drug-likeness (QED) is 0.316. The van der Waals surface area contributed by atoms with Crippen LogP contribution < -0.4 is 14.4 Å². The van der Waals surface area contributed by atoms with Crippen LogP contribution in [0.5, 0.6) is 5.75 Å². The molecule has 3 aromatic carbocycles. The van der Waals surface area contributed by atoms with Crippen LogP contribution in [0.25, 0.3) is 0 Å². The van der Waals surface area contributed by atoms with Gasteiger partial charge in [0.2, 0.25) is 11.8 Å². The predicted octanol–water partition coefficient (Wildman–Crippen LogP) is 5.18. The number of rotatable bonds is 12. The van der Waals surface area contributed by atoms with Crippen molar-refractivity contribution in [3.8, 4) is 5.75 Å². The Morgan fingerprint density at radius 3 is 2.33 bits per heavy atom. The molecule has 0 aliphatic carbocycles. The largest absolute Gasteiger partial charge is 0.497 e. The number of carbonyl (C=O) groups excluding carboxylic acids is 2. The molecular weight excluding hydrogens is 550 g/mol. The molecule has 1 N–H and O–H groups in total. The van der Waals surface area contributed by atoms with Crippen molar-refractivity contribution in [1.82, 2.24) is 10.2 Å². The zero-order chi connectivity index (χ0) is 29.4. The zero-order valence-electron chi connectivity index (χ0n) is 23.4. The first kappa shape index (κ1) is 31.0. The maximum absolute atomic E-state index is 14.0. The van der Waals surface area contributed by atoms with E-state index >= 15 is 0 Å². The van der Waals surface area contributed by atoms with Crippen LogP contribution in [-0.2, 0) is 26.2 Å². The van der Waals surface area contributed by atoms with Crippen molar-refractivity contribution < 1.29 is 22.7 Å². The van der Waals surface area contributed by atoms with Gasteiger partial charge in [-0.3, -0.25) is 13.9 Å². The zero-order valence-corrected chi connectivity index (χ0v) is 25.0. The van der Waals surface area contributed by atoms with Crippen molar-refractivity contribution >= 4 is 39.1 Å². The van der Waals surface area contributed by atoms with E-state index in [-0.39, 0.29) is 29.1 Å². The van der Waals surface area contributed by atoms with E-state index in [1.807, 2.05) is 19.9 Å². The average Bonchev–Trinajstić information content (AvgIpc) is 2.96. The topological polar surface area (TPSA) is 96.0 Å². The molecule has 8 nitrogen and oxygen atoms in total. The number of nitrogens with zero attached hydrogens (tertiary/aromatic N) is 2. The number of benzene rings is 3. The Morgan fingerprint density at radius 1 is 1.00 bits per heavy atom. The number of nitrogens with one attached hydrogen (secondary N) is 1. The Kier molecular flexibility index (Phi) is 10.6. The number of ether oxygens (including phenoxy) is 1. The van der Waals surface area contributed by atoms with Crippen molar-refractivity contribution in [3.63, 3.8) is 0 Å². The van der Waals surface area contributed by atoms with Crippen LogP contribution in [0.4, 0.5) is 5.69 Å². The molecule has 214 valence electrons. The van der Waals surface area contributed by atoms with Gasteiger partial charge in [-0.25, -0.2) is 8.42 Å². The van der Waals surface area contributed by atoms with Crippen LogP contribution >= 0.6 is 11.6 Å². The smallest absolute Gasteiger partial charge is 0.264 e. The highest BCUT2D eigenvalue weighted by Crippen LogP contribution is 2.28. The molecule has 0 unspecified atom stereocenters. The average molecular weight is 586 g/mol. The van der Waals surface area contributed by atoms with Crippen LogP contribution in [0.1, 0.15) is 38.3 Å². The highest BCUT2D eigenvalue weighted by Gasteiger charge is 2.33. The van der Waals surface area contributed by atoms with Crippen molar-refractivity contribution in [2.75, 3.05) is 18.0 Å². The van der Waals surface area contributed by atoms with Gasteiger partial charge >= 0.3 is 0 Å². The summed E-state index contributed by atoms with van der Waals surface area (Å²) in [6.07, 6.45) is 0.722. The number of halogens is 1. The molecule has 0 fully saturated rings. The van der Waals surface area contributed by atoms with Crippen molar-refractivity contribution in [1.29, 1.82) is 0 Å². The first-order valence-corrected chi connectivity index (χ1v) is 14.9. The number of anilines is 1. The van der Waals surface area contributed by atoms with Gasteiger partial charge in [-0.2, -0.15) is 0 Å². The molecular formula is C30H36ClN3O5S. The van der Waals surface area contributed by atoms with Crippen LogP contribution in [0.3, 0.4) is 0 Å². The molecule has 0 heterocycles. The monoisotopic (exact) mass is 585 g/mol. The van der Waals surface area contributed by atoms with E-state index in [0.717, 1.165) is 21.9 Å². The normalized spacial score (nSPS) is 12.8. The summed E-state index contributed by atoms with van der Waals surface area (Å²) in [5.74, 6) is -0.281. The molecule has 3 rings (SSSR count). The molecule has 0 saturated heterocycles. The molecule has 3 aromatic rings. The van der Waals surface area contributed by atoms with Crippen LogP contribution in [-0.4, -0.2) is 50.9 Å². The van der Waals surface area contributed by atoms with Gasteiger partial charge in [-0.15, -0.1) is 0 Å². The second-order valence-corrected chi connectivity index (χ2v) is 11.9. The minimum absolute atomic E-state index is 0.0291. The van der Waals surface area contributed by atoms with E-state index in [9.17, 15) is 18.0 Å². The van der Waals surface area contributed by atoms with Gasteiger partial charge in [0.05, 0.1) is 17.7 Å². The molecule has 0 spiro atoms. The van der Waals surface area contributed by atoms with E-state index < -0.39 is 28.5 Å². The number of hydrogen-bond donors (Lipinski definition) is 1. The number of hydrogen-bond acceptors (Lipinski definition) is 5. The SMILES string of the molecule is CC[C@H](C)NC(=O)[C@@H](C)N(Cc1cccc(OC)c1)C(=O)CN(c1ccc(C)c(Cl)c1)S(=O)(=O)c1ccccc1. The third-order valence-electron chi connectivity index (χ3n) is 6.71. The highest BCUT2D eigenvalue weighted by atomic mass is 35.5. The first-order chi connectivity index (χ1) is 19.0. The molecule has 2 atom stereocenters. The fourth-order valence-electron chi connectivity index (χ4n) is 4.00. The van der Waals surface area contributed by atoms with Gasteiger partial charge in [-0.1, -0.05) is 54.9 Å². The van der Waals surface area contributed by atoms with Gasteiger partial charge in [-0.05, 0) is 74.7 Å². The van der Waals surface area contributed by atoms with Gasteiger partial charge in [0, 0.05) is 17.6 Å². The van der Waals surface area contributed by atoms with E-state index in [2.05, 4.69) is 5.32 Å². The van der Waals surface area contributed by atoms with Crippen LogP contribution in [0, 0.1) is 6.92 Å². The molecule has 0 bridgehead atoms. The maximum Gasteiger partial charge on any atom is 0.264 e. The number of carbonyl (C=O) groups is 2. The molecule has 0 aromatic heterocycles. The Balaban J connectivity index is 2.05. The first-order valence-electron chi connectivity index (χ1n) is 13.0. The predicted molar refractivity (Wildman–Crippen MR) is 158 cm³/mol. The molecule has 0 saturated carbocycles. The minimum Gasteiger partial charge on any atom is -0.497 e. The fraction of sp³-hybridized carbons (Fsp3) is 0.333. The highest BCUT2D eigenvalue weighted by molar-refractivity contribution is 7.92. The molecule has 40 heavy (non-hydrogen) atoms. The molecule has 0 aliphatic rings. The summed E-state index contributed by atoms with van der Waals surface area (Å²) < 4.78 is 34.0. The Morgan fingerprint density at radius 2 is 1.70 bits per heavy atom. The lowest BCUT2D eigenvalue weighted by atomic mass is 10.1. The van der Waals surface area contributed by atoms with Crippen LogP contribution in [0.15, 0.2) is 77.7 Å². The van der Waals surface area contributed by atoms with Crippen molar-refractivity contribution in [2.45, 2.75) is 57.6 Å². The Bertz CT molecular complexity index is 1430. The summed E-state index contributed by atoms with van der Waals surface area (Å²) in [7, 11) is -2.61. The Hall–Kier alpha value is -3.56. The lowest BCUT2D eigenvalue weighted by molar-refractivity contribution is -0.139. The van der Waals surface area contributed by atoms with Crippen LogP contribution in [0.2, 0.25) is 5.02 Å². The van der Waals surface area contributed by atoms with Crippen molar-refractivity contribution in [3.05, 3.63) is 88.9 Å². The third kappa shape index (κ3) is 7.55. The summed E-state index contributed by atoms with van der Waals surface area (Å²) in [6, 6.07) is 18.9. The van der Waals surface area contributed by atoms with E-state index in [0.29, 0.717) is 10.8 Å². The molecule has 10 heteroatoms. The molecule has 0 radical (unpaired) electrons. The summed E-state index contributed by atoms with van der Waals surface area (Å²) in [6.45, 7) is 6.80. The standard InChI is InChI=1S/C30H36ClN3O5S/c1-6-22(3)32-30(36)23(4)33(19-24-11-10-12-26(17-24)39-5)29(35)20-34(25-16-15-21(2)28(31)18-25)40(37,38)27-13-8-7-9-14-27/h7-18,22-23H,6,19-20H2,1-5H3,(H,32,36)/t22-,23+/m0/s1. The number of aryl methyl sites for hydroxylation is 1. The van der Waals surface area contributed by atoms with Gasteiger partial charge in [0.15, 0.2) is 0 Å². The van der Waals surface area contributed by atoms with Crippen molar-refractivity contribution in [2.24, 2.45) is 0 Å². The summed E-state index contributed by atoms with van der Waals surface area (Å²) in [5, 5.41) is 3.29. The summed E-state index contributed by atoms with van der Waals surface area (Å²) in [4.78, 5) is 28.6. The van der Waals surface area contributed by atoms with Gasteiger partial charge in [0.1, 0.15) is 18.3 Å². The van der Waals surface area contributed by atoms with Gasteiger partial charge in [0.25, 0.3) is 10.0 Å². The van der Waals surface area contributed by atoms with E-state index in [4.69, 9.17) is 16.3 Å². The third-order valence-corrected chi connectivity index (χ3v) is 8.90. The maximum atomic E-state index is 14.0. The van der Waals surface area contributed by atoms with E-state index in [1.165, 1.54) is 23.1 Å². The number of amides is 2. The molecule has 2 amide bonds. The summed E-state index contributed by atoms with van der Waals surface area (Å²) >= 11 is 6.36. The van der Waals surface area contributed by atoms with Gasteiger partial charge < -0.3 is 15.0 Å². The minimum atomic E-state index is -4.16. The Labute approximate surface area is 241 Å². The summed E-state index contributed by atoms with van der Waals surface area (Å²) in [5.41, 5.74) is 1.74. The fourth-order valence-corrected chi connectivity index (χ4v) is 5.60. The second kappa shape index (κ2) is 13.7. The lowest BCUT2D eigenvalue weighted by Crippen LogP contribution is -2.52. The number of methoxy groups -OCH3 is 1. The van der Waals surface area contributed by atoms with E-state index in [1.54, 1.807) is 69.5 Å². The second-order valence-electron chi connectivity index (χ2n) is 9.63. The lowest BCUT2D eigenvalue weighted by Gasteiger charge is -2.32. The number of sulfonamides is 1. The molecule has 0 aliphatic heterocycles.